The third-order valence-electron chi connectivity index (χ3n) is 3.46. The fourth-order valence-electron chi connectivity index (χ4n) is 2.30. The maximum Gasteiger partial charge on any atom is 0.261 e. The van der Waals surface area contributed by atoms with Crippen LogP contribution in [0.4, 0.5) is 10.3 Å². The summed E-state index contributed by atoms with van der Waals surface area (Å²) in [5, 5.41) is 1.17. The van der Waals surface area contributed by atoms with Gasteiger partial charge in [0.25, 0.3) is 11.4 Å². The van der Waals surface area contributed by atoms with Gasteiger partial charge in [0.15, 0.2) is 16.7 Å². The quantitative estimate of drug-likeness (QED) is 0.617. The van der Waals surface area contributed by atoms with Gasteiger partial charge in [0, 0.05) is 22.0 Å². The first-order valence-electron chi connectivity index (χ1n) is 7.62. The van der Waals surface area contributed by atoms with Crippen LogP contribution < -0.4 is 19.8 Å². The molecule has 1 unspecified atom stereocenters. The van der Waals surface area contributed by atoms with Crippen LogP contribution in [-0.2, 0) is 11.0 Å². The number of aromatic nitrogens is 3. The lowest BCUT2D eigenvalue weighted by Gasteiger charge is -2.11. The smallest absolute Gasteiger partial charge is 0.261 e. The van der Waals surface area contributed by atoms with Crippen molar-refractivity contribution in [2.45, 2.75) is 4.90 Å². The first-order chi connectivity index (χ1) is 13.0. The zero-order chi connectivity index (χ0) is 19.4. The molecule has 0 aliphatic carbocycles. The Morgan fingerprint density at radius 1 is 1.37 bits per heavy atom. The fraction of sp³-hybridized carbons (Fsp3) is 0.188. The second kappa shape index (κ2) is 8.31. The Morgan fingerprint density at radius 3 is 2.93 bits per heavy atom. The van der Waals surface area contributed by atoms with E-state index in [1.54, 1.807) is 12.1 Å². The van der Waals surface area contributed by atoms with E-state index < -0.39 is 17.7 Å². The highest BCUT2D eigenvalue weighted by molar-refractivity contribution is 7.86. The van der Waals surface area contributed by atoms with Gasteiger partial charge >= 0.3 is 0 Å². The Bertz CT molecular complexity index is 1060. The van der Waals surface area contributed by atoms with Gasteiger partial charge in [-0.1, -0.05) is 17.7 Å². The topological polar surface area (TPSA) is 106 Å². The van der Waals surface area contributed by atoms with Gasteiger partial charge in [0.1, 0.15) is 13.3 Å². The molecule has 0 bridgehead atoms. The molecule has 2 N–H and O–H groups in total. The number of anilines is 1. The van der Waals surface area contributed by atoms with Crippen molar-refractivity contribution in [2.75, 3.05) is 25.1 Å². The predicted molar refractivity (Wildman–Crippen MR) is 99.7 cm³/mol. The van der Waals surface area contributed by atoms with Gasteiger partial charge in [-0.2, -0.15) is 4.98 Å². The summed E-state index contributed by atoms with van der Waals surface area (Å²) in [6.07, 6.45) is 2.63. The summed E-state index contributed by atoms with van der Waals surface area (Å²) in [6, 6.07) is 4.70. The molecule has 0 amide bonds. The van der Waals surface area contributed by atoms with Gasteiger partial charge < -0.3 is 14.5 Å². The van der Waals surface area contributed by atoms with Crippen LogP contribution in [-0.4, -0.2) is 39.6 Å². The molecule has 3 aromatic rings. The van der Waals surface area contributed by atoms with E-state index in [1.165, 1.54) is 25.6 Å². The molecule has 2 aromatic heterocycles. The molecule has 0 saturated carbocycles. The summed E-state index contributed by atoms with van der Waals surface area (Å²) in [4.78, 5) is 22.8. The monoisotopic (exact) mass is 412 g/mol. The van der Waals surface area contributed by atoms with Crippen LogP contribution in [0.25, 0.3) is 10.8 Å². The van der Waals surface area contributed by atoms with Crippen molar-refractivity contribution in [2.24, 2.45) is 0 Å². The van der Waals surface area contributed by atoms with E-state index in [2.05, 4.69) is 19.7 Å². The number of fused-ring (bicyclic) bond motifs is 1. The maximum absolute atomic E-state index is 12.7. The van der Waals surface area contributed by atoms with Gasteiger partial charge in [0.05, 0.1) is 18.2 Å². The summed E-state index contributed by atoms with van der Waals surface area (Å²) in [5.41, 5.74) is -0.347. The van der Waals surface area contributed by atoms with Gasteiger partial charge in [-0.05, 0) is 12.1 Å². The summed E-state index contributed by atoms with van der Waals surface area (Å²) in [7, 11) is -0.425. The number of benzene rings is 1. The van der Waals surface area contributed by atoms with Crippen LogP contribution in [0.1, 0.15) is 0 Å². The number of hydrogen-bond acceptors (Lipinski definition) is 6. The molecule has 0 saturated heterocycles. The van der Waals surface area contributed by atoms with Crippen LogP contribution >= 0.6 is 11.6 Å². The number of H-pyrrole nitrogens is 1. The SMILES string of the molecule is COc1nc(NS(=O)c2c[nH]c(=O)c3cc(Cl)ccc23)ncc1OCCF. The predicted octanol–water partition coefficient (Wildman–Crippen LogP) is 2.46. The summed E-state index contributed by atoms with van der Waals surface area (Å²) in [6.45, 7) is -0.833. The minimum absolute atomic E-state index is 0.00564. The van der Waals surface area contributed by atoms with E-state index >= 15 is 0 Å². The highest BCUT2D eigenvalue weighted by Gasteiger charge is 2.15. The molecule has 11 heteroatoms. The van der Waals surface area contributed by atoms with E-state index in [0.29, 0.717) is 20.7 Å². The lowest BCUT2D eigenvalue weighted by Crippen LogP contribution is -2.13. The van der Waals surface area contributed by atoms with Crippen molar-refractivity contribution in [3.8, 4) is 11.6 Å². The Hall–Kier alpha value is -2.72. The van der Waals surface area contributed by atoms with Gasteiger partial charge in [0.2, 0.25) is 5.95 Å². The second-order valence-electron chi connectivity index (χ2n) is 5.15. The molecule has 0 aliphatic rings. The lowest BCUT2D eigenvalue weighted by molar-refractivity contribution is 0.256. The van der Waals surface area contributed by atoms with E-state index in [1.807, 2.05) is 0 Å². The number of nitrogens with zero attached hydrogens (tertiary/aromatic N) is 2. The van der Waals surface area contributed by atoms with Crippen LogP contribution in [0.5, 0.6) is 11.6 Å². The molecular weight excluding hydrogens is 399 g/mol. The normalized spacial score (nSPS) is 12.0. The van der Waals surface area contributed by atoms with Gasteiger partial charge in [-0.25, -0.2) is 13.6 Å². The molecule has 1 atom stereocenters. The molecule has 0 radical (unpaired) electrons. The molecule has 27 heavy (non-hydrogen) atoms. The number of methoxy groups -OCH3 is 1. The Balaban J connectivity index is 1.91. The van der Waals surface area contributed by atoms with Gasteiger partial charge in [-0.15, -0.1) is 0 Å². The van der Waals surface area contributed by atoms with E-state index in [-0.39, 0.29) is 29.7 Å². The average molecular weight is 413 g/mol. The standard InChI is InChI=1S/C16H14ClFN4O4S/c1-25-15-12(26-5-4-18)7-20-16(21-15)22-27(24)13-8-19-14(23)11-6-9(17)2-3-10(11)13/h2-3,6-8H,4-5H2,1H3,(H,19,23)(H,20,21,22). The van der Waals surface area contributed by atoms with Crippen molar-refractivity contribution in [1.29, 1.82) is 0 Å². The minimum atomic E-state index is -1.79. The van der Waals surface area contributed by atoms with Crippen molar-refractivity contribution >= 4 is 39.3 Å². The molecule has 0 fully saturated rings. The first-order valence-corrected chi connectivity index (χ1v) is 9.15. The largest absolute Gasteiger partial charge is 0.484 e. The Morgan fingerprint density at radius 2 is 2.19 bits per heavy atom. The van der Waals surface area contributed by atoms with Crippen LogP contribution in [0.15, 0.2) is 40.3 Å². The first kappa shape index (κ1) is 19.1. The fourth-order valence-corrected chi connectivity index (χ4v) is 3.39. The highest BCUT2D eigenvalue weighted by atomic mass is 35.5. The Kier molecular flexibility index (Phi) is 5.87. The molecule has 3 rings (SSSR count). The van der Waals surface area contributed by atoms with E-state index in [9.17, 15) is 13.4 Å². The molecule has 8 nitrogen and oxygen atoms in total. The van der Waals surface area contributed by atoms with E-state index in [0.717, 1.165) is 0 Å². The van der Waals surface area contributed by atoms with Crippen LogP contribution in [0.3, 0.4) is 0 Å². The summed E-state index contributed by atoms with van der Waals surface area (Å²) in [5.74, 6) is 0.234. The number of pyridine rings is 1. The van der Waals surface area contributed by atoms with Crippen molar-refractivity contribution < 1.29 is 18.1 Å². The van der Waals surface area contributed by atoms with Crippen LogP contribution in [0, 0.1) is 0 Å². The lowest BCUT2D eigenvalue weighted by atomic mass is 10.2. The number of ether oxygens (including phenoxy) is 2. The highest BCUT2D eigenvalue weighted by Crippen LogP contribution is 2.26. The summed E-state index contributed by atoms with van der Waals surface area (Å²) >= 11 is 5.92. The van der Waals surface area contributed by atoms with Crippen molar-refractivity contribution in [3.63, 3.8) is 0 Å². The molecule has 2 heterocycles. The number of alkyl halides is 1. The number of rotatable bonds is 7. The number of nitrogens with one attached hydrogen (secondary N) is 2. The third kappa shape index (κ3) is 4.17. The number of halogens is 2. The second-order valence-corrected chi connectivity index (χ2v) is 6.77. The zero-order valence-electron chi connectivity index (χ0n) is 14.0. The third-order valence-corrected chi connectivity index (χ3v) is 4.80. The van der Waals surface area contributed by atoms with Crippen molar-refractivity contribution in [1.82, 2.24) is 15.0 Å². The molecule has 142 valence electrons. The molecule has 0 spiro atoms. The van der Waals surface area contributed by atoms with E-state index in [4.69, 9.17) is 21.1 Å². The molecule has 0 aliphatic heterocycles. The van der Waals surface area contributed by atoms with Crippen molar-refractivity contribution in [3.05, 3.63) is 46.0 Å². The number of aromatic amines is 1. The zero-order valence-corrected chi connectivity index (χ0v) is 15.6. The van der Waals surface area contributed by atoms with Crippen LogP contribution in [0.2, 0.25) is 5.02 Å². The molecular formula is C16H14ClFN4O4S. The van der Waals surface area contributed by atoms with Gasteiger partial charge in [-0.3, -0.25) is 9.52 Å². The Labute approximate surface area is 160 Å². The summed E-state index contributed by atoms with van der Waals surface area (Å²) < 4.78 is 37.8. The maximum atomic E-state index is 12.7. The molecule has 1 aromatic carbocycles. The number of hydrogen-bond donors (Lipinski definition) is 2. The minimum Gasteiger partial charge on any atom is -0.484 e. The average Bonchev–Trinajstić information content (AvgIpc) is 2.67.